The Balaban J connectivity index is 0.00000241. The summed E-state index contributed by atoms with van der Waals surface area (Å²) in [5, 5.41) is 11.2. The van der Waals surface area contributed by atoms with Crippen LogP contribution in [-0.4, -0.2) is 57.2 Å². The molecule has 0 radical (unpaired) electrons. The quantitative estimate of drug-likeness (QED) is 0.586. The fraction of sp³-hybridized carbons (Fsp3) is 0.435. The van der Waals surface area contributed by atoms with Gasteiger partial charge in [0, 0.05) is 37.3 Å². The number of amides is 2. The smallest absolute Gasteiger partial charge is 0.323 e. The lowest BCUT2D eigenvalue weighted by Gasteiger charge is -2.32. The highest BCUT2D eigenvalue weighted by Gasteiger charge is 2.34. The number of benzene rings is 1. The summed E-state index contributed by atoms with van der Waals surface area (Å²) in [6, 6.07) is 7.47. The average Bonchev–Trinajstić information content (AvgIpc) is 3.54. The molecule has 3 fully saturated rings. The van der Waals surface area contributed by atoms with Crippen LogP contribution in [0.5, 0.6) is 0 Å². The highest BCUT2D eigenvalue weighted by molar-refractivity contribution is 5.89. The Labute approximate surface area is 201 Å². The lowest BCUT2D eigenvalue weighted by atomic mass is 10.0. The Morgan fingerprint density at radius 1 is 1.09 bits per heavy atom. The molecule has 11 heteroatoms. The normalized spacial score (nSPS) is 23.9. The van der Waals surface area contributed by atoms with E-state index >= 15 is 0 Å². The molecule has 5 heterocycles. The van der Waals surface area contributed by atoms with E-state index in [-0.39, 0.29) is 24.5 Å². The van der Waals surface area contributed by atoms with Crippen LogP contribution in [0.1, 0.15) is 37.3 Å². The number of likely N-dealkylation sites (tertiary alicyclic amines) is 1. The molecule has 3 atom stereocenters. The van der Waals surface area contributed by atoms with Crippen LogP contribution in [0.15, 0.2) is 36.5 Å². The van der Waals surface area contributed by atoms with E-state index in [9.17, 15) is 13.6 Å². The molecule has 2 amide bonds. The van der Waals surface area contributed by atoms with Gasteiger partial charge in [-0.3, -0.25) is 5.32 Å². The van der Waals surface area contributed by atoms with Gasteiger partial charge in [0.1, 0.15) is 17.5 Å². The van der Waals surface area contributed by atoms with E-state index in [2.05, 4.69) is 15.6 Å². The van der Waals surface area contributed by atoms with Gasteiger partial charge in [-0.15, -0.1) is 17.5 Å². The molecule has 1 aromatic carbocycles. The van der Waals surface area contributed by atoms with Crippen molar-refractivity contribution in [1.82, 2.24) is 24.8 Å². The topological polar surface area (TPSA) is 77.8 Å². The molecule has 3 unspecified atom stereocenters. The van der Waals surface area contributed by atoms with Crippen molar-refractivity contribution < 1.29 is 13.6 Å². The average molecular weight is 490 g/mol. The second kappa shape index (κ2) is 8.99. The number of nitrogens with one attached hydrogen (secondary N) is 2. The number of hydrogen-bond acceptors (Lipinski definition) is 5. The maximum absolute atomic E-state index is 14.5. The molecular formula is C23H26ClF2N7O. The first kappa shape index (κ1) is 22.8. The van der Waals surface area contributed by atoms with Gasteiger partial charge < -0.3 is 15.1 Å². The van der Waals surface area contributed by atoms with Crippen LogP contribution in [0.3, 0.4) is 0 Å². The minimum atomic E-state index is -0.456. The van der Waals surface area contributed by atoms with Gasteiger partial charge in [0.2, 0.25) is 0 Å². The molecule has 3 aliphatic rings. The maximum atomic E-state index is 14.5. The Morgan fingerprint density at radius 3 is 2.68 bits per heavy atom. The molecule has 3 aromatic rings. The number of anilines is 2. The molecule has 180 valence electrons. The van der Waals surface area contributed by atoms with Gasteiger partial charge in [0.25, 0.3) is 0 Å². The molecule has 34 heavy (non-hydrogen) atoms. The molecule has 6 rings (SSSR count). The third-order valence-corrected chi connectivity index (χ3v) is 6.95. The molecule has 0 aliphatic carbocycles. The number of piperazine rings is 1. The molecule has 8 nitrogen and oxygen atoms in total. The molecule has 2 aromatic heterocycles. The van der Waals surface area contributed by atoms with Crippen LogP contribution in [0.25, 0.3) is 5.65 Å². The summed E-state index contributed by atoms with van der Waals surface area (Å²) in [7, 11) is 0. The second-order valence-electron chi connectivity index (χ2n) is 9.10. The van der Waals surface area contributed by atoms with Gasteiger partial charge in [0.15, 0.2) is 11.5 Å². The molecule has 0 saturated carbocycles. The van der Waals surface area contributed by atoms with Crippen LogP contribution in [-0.2, 0) is 0 Å². The number of halogens is 3. The van der Waals surface area contributed by atoms with Crippen molar-refractivity contribution >= 4 is 35.7 Å². The highest BCUT2D eigenvalue weighted by atomic mass is 35.5. The molecule has 2 N–H and O–H groups in total. The lowest BCUT2D eigenvalue weighted by Crippen LogP contribution is -2.54. The van der Waals surface area contributed by atoms with Crippen LogP contribution < -0.4 is 15.5 Å². The van der Waals surface area contributed by atoms with Crippen LogP contribution >= 0.6 is 12.4 Å². The number of urea groups is 1. The summed E-state index contributed by atoms with van der Waals surface area (Å²) < 4.78 is 29.9. The van der Waals surface area contributed by atoms with Crippen molar-refractivity contribution in [1.29, 1.82) is 0 Å². The van der Waals surface area contributed by atoms with E-state index in [4.69, 9.17) is 5.10 Å². The van der Waals surface area contributed by atoms with Gasteiger partial charge in [-0.25, -0.2) is 18.6 Å². The summed E-state index contributed by atoms with van der Waals surface area (Å²) in [5.41, 5.74) is 0.934. The highest BCUT2D eigenvalue weighted by Crippen LogP contribution is 2.36. The fourth-order valence-electron chi connectivity index (χ4n) is 5.39. The summed E-state index contributed by atoms with van der Waals surface area (Å²) >= 11 is 0. The molecule has 2 bridgehead atoms. The number of rotatable bonds is 3. The molecule has 3 aliphatic heterocycles. The van der Waals surface area contributed by atoms with Gasteiger partial charge in [-0.2, -0.15) is 4.52 Å². The van der Waals surface area contributed by atoms with E-state index < -0.39 is 11.6 Å². The first-order valence-electron chi connectivity index (χ1n) is 11.4. The largest absolute Gasteiger partial charge is 0.348 e. The lowest BCUT2D eigenvalue weighted by molar-refractivity contribution is 0.188. The van der Waals surface area contributed by atoms with Crippen molar-refractivity contribution in [3.05, 3.63) is 53.7 Å². The van der Waals surface area contributed by atoms with E-state index in [0.29, 0.717) is 61.0 Å². The summed E-state index contributed by atoms with van der Waals surface area (Å²) in [6.07, 6.45) is 5.34. The zero-order valence-electron chi connectivity index (χ0n) is 18.5. The van der Waals surface area contributed by atoms with E-state index in [0.717, 1.165) is 25.3 Å². The van der Waals surface area contributed by atoms with Gasteiger partial charge in [0.05, 0.1) is 12.2 Å². The van der Waals surface area contributed by atoms with Crippen molar-refractivity contribution in [3.8, 4) is 0 Å². The summed E-state index contributed by atoms with van der Waals surface area (Å²) in [6.45, 7) is 2.05. The maximum Gasteiger partial charge on any atom is 0.323 e. The summed E-state index contributed by atoms with van der Waals surface area (Å²) in [5.74, 6) is 0.232. The third-order valence-electron chi connectivity index (χ3n) is 6.95. The van der Waals surface area contributed by atoms with E-state index in [1.807, 2.05) is 21.9 Å². The van der Waals surface area contributed by atoms with Gasteiger partial charge in [-0.05, 0) is 56.0 Å². The van der Waals surface area contributed by atoms with E-state index in [1.165, 1.54) is 12.1 Å². The number of carbonyl (C=O) groups excluding carboxylic acids is 1. The zero-order valence-corrected chi connectivity index (χ0v) is 19.3. The van der Waals surface area contributed by atoms with Gasteiger partial charge >= 0.3 is 6.03 Å². The zero-order chi connectivity index (χ0) is 22.5. The first-order chi connectivity index (χ1) is 16.0. The fourth-order valence-corrected chi connectivity index (χ4v) is 5.39. The number of fused-ring (bicyclic) bond motifs is 3. The minimum absolute atomic E-state index is 0. The Kier molecular flexibility index (Phi) is 6.03. The minimum Gasteiger partial charge on any atom is -0.348 e. The Hall–Kier alpha value is -2.98. The first-order valence-corrected chi connectivity index (χ1v) is 11.4. The Morgan fingerprint density at radius 2 is 1.88 bits per heavy atom. The predicted octanol–water partition coefficient (Wildman–Crippen LogP) is 3.74. The van der Waals surface area contributed by atoms with Crippen molar-refractivity contribution in [3.63, 3.8) is 0 Å². The van der Waals surface area contributed by atoms with Crippen LogP contribution in [0, 0.1) is 11.6 Å². The number of hydrogen-bond donors (Lipinski definition) is 2. The second-order valence-corrected chi connectivity index (χ2v) is 9.10. The third kappa shape index (κ3) is 4.05. The number of imidazole rings is 1. The molecule has 3 saturated heterocycles. The van der Waals surface area contributed by atoms with Crippen molar-refractivity contribution in [2.24, 2.45) is 0 Å². The molecular weight excluding hydrogens is 464 g/mol. The number of aromatic nitrogens is 3. The van der Waals surface area contributed by atoms with E-state index in [1.54, 1.807) is 10.7 Å². The van der Waals surface area contributed by atoms with Crippen LogP contribution in [0.4, 0.5) is 25.2 Å². The molecule has 0 spiro atoms. The number of nitrogens with zero attached hydrogens (tertiary/aromatic N) is 5. The summed E-state index contributed by atoms with van der Waals surface area (Å²) in [4.78, 5) is 21.1. The monoisotopic (exact) mass is 489 g/mol. The standard InChI is InChI=1S/C23H25F2N7O.ClH/c24-14-3-6-18(25)17(10-14)19-2-1-9-31(19)21-8-7-20-26-11-22(32(20)29-21)28-23(33)30-12-15-4-5-16(13-30)27-15;/h3,6-8,10-11,15-16,19,27H,1-2,4-5,9,12-13H2,(H,28,33);1H. The SMILES string of the molecule is Cl.O=C(Nc1cnc2ccc(N3CCCC3c3cc(F)ccc3F)nn12)N1CC2CCC(C1)N2. The predicted molar refractivity (Wildman–Crippen MR) is 126 cm³/mol. The van der Waals surface area contributed by atoms with Gasteiger partial charge in [-0.1, -0.05) is 0 Å². The Bertz CT molecular complexity index is 1210. The van der Waals surface area contributed by atoms with Crippen LogP contribution in [0.2, 0.25) is 0 Å². The van der Waals surface area contributed by atoms with Crippen molar-refractivity contribution in [2.75, 3.05) is 29.9 Å². The van der Waals surface area contributed by atoms with Crippen molar-refractivity contribution in [2.45, 2.75) is 43.8 Å². The number of carbonyl (C=O) groups is 1.